The van der Waals surface area contributed by atoms with Crippen molar-refractivity contribution in [3.8, 4) is 0 Å². The number of aliphatic hydroxyl groups excluding tert-OH is 1. The molecule has 0 aromatic carbocycles. The summed E-state index contributed by atoms with van der Waals surface area (Å²) in [5.41, 5.74) is 3.25. The van der Waals surface area contributed by atoms with Gasteiger partial charge in [0, 0.05) is 11.1 Å². The van der Waals surface area contributed by atoms with E-state index in [1.165, 1.54) is 6.92 Å². The highest BCUT2D eigenvalue weighted by atomic mass is 31.1. The van der Waals surface area contributed by atoms with Crippen LogP contribution in [0.4, 0.5) is 16.2 Å². The zero-order valence-corrected chi connectivity index (χ0v) is 19.2. The summed E-state index contributed by atoms with van der Waals surface area (Å²) in [6, 6.07) is -0.940. The van der Waals surface area contributed by atoms with Crippen molar-refractivity contribution < 1.29 is 37.0 Å². The number of carbonyl (C=O) groups is 1. The monoisotopic (exact) mass is 491 g/mol. The Bertz CT molecular complexity index is 1130. The van der Waals surface area contributed by atoms with E-state index in [4.69, 9.17) is 23.8 Å². The normalized spacial score (nSPS) is 28.3. The molecule has 0 saturated carbocycles. The van der Waals surface area contributed by atoms with Gasteiger partial charge in [-0.1, -0.05) is 5.09 Å². The number of esters is 1. The second-order valence-corrected chi connectivity index (χ2v) is 8.92. The van der Waals surface area contributed by atoms with Gasteiger partial charge in [0.25, 0.3) is 0 Å². The first kappa shape index (κ1) is 21.1. The zero-order valence-electron chi connectivity index (χ0n) is 21.4. The number of halogens is 1. The van der Waals surface area contributed by atoms with Gasteiger partial charge in [0.05, 0.1) is 12.4 Å². The minimum atomic E-state index is -2.61. The average Bonchev–Trinajstić information content (AvgIpc) is 3.23. The maximum Gasteiger partial charge on any atom is 0.613 e. The largest absolute Gasteiger partial charge is 0.613 e. The summed E-state index contributed by atoms with van der Waals surface area (Å²) >= 11 is 0. The van der Waals surface area contributed by atoms with Crippen LogP contribution in [0.2, 0.25) is 0 Å². The van der Waals surface area contributed by atoms with E-state index in [-0.39, 0.29) is 29.0 Å². The Hall–Kier alpha value is -2.51. The molecule has 0 amide bonds. The quantitative estimate of drug-likeness (QED) is 0.290. The third-order valence-corrected chi connectivity index (χ3v) is 5.87. The number of rotatable bonds is 9. The smallest absolute Gasteiger partial charge is 0.462 e. The Morgan fingerprint density at radius 2 is 2.24 bits per heavy atom. The van der Waals surface area contributed by atoms with Crippen LogP contribution < -0.4 is 16.1 Å². The van der Waals surface area contributed by atoms with Crippen LogP contribution in [-0.4, -0.2) is 74.2 Å². The number of aromatic nitrogens is 4. The van der Waals surface area contributed by atoms with E-state index in [0.29, 0.717) is 0 Å². The molecule has 33 heavy (non-hydrogen) atoms. The Kier molecular flexibility index (Phi) is 6.23. The van der Waals surface area contributed by atoms with Crippen molar-refractivity contribution in [2.45, 2.75) is 63.9 Å². The van der Waals surface area contributed by atoms with Gasteiger partial charge in [0.15, 0.2) is 28.9 Å². The lowest BCUT2D eigenvalue weighted by Gasteiger charge is -2.24. The lowest BCUT2D eigenvalue weighted by Crippen LogP contribution is -2.40. The standard InChI is InChI=1S/C18H28FN7O6P/c1-8(2)31-15(28)9(3)25-33(29)30-6-10-12(27)18(4,19)16(32-10)26-7-22-11-13(21-5)23-17(20)24-14(11)26/h7-10,12,16,27H,6H2,1-5H3,(H,25,29)(H3,20,21,23,24)/q+1/t9-,10+,12+,16+,18+/m0/s1/i5D3. The van der Waals surface area contributed by atoms with Crippen molar-refractivity contribution >= 4 is 37.1 Å². The number of hydrogen-bond acceptors (Lipinski definition) is 11. The maximum atomic E-state index is 15.6. The van der Waals surface area contributed by atoms with Gasteiger partial charge < -0.3 is 25.6 Å². The molecule has 5 N–H and O–H groups in total. The molecule has 6 atom stereocenters. The van der Waals surface area contributed by atoms with Crippen molar-refractivity contribution in [1.29, 1.82) is 0 Å². The third kappa shape index (κ3) is 5.20. The topological polar surface area (TPSA) is 176 Å². The van der Waals surface area contributed by atoms with Crippen LogP contribution in [-0.2, 0) is 23.4 Å². The lowest BCUT2D eigenvalue weighted by molar-refractivity contribution is -0.149. The van der Waals surface area contributed by atoms with Gasteiger partial charge >= 0.3 is 14.1 Å². The lowest BCUT2D eigenvalue weighted by atomic mass is 9.98. The molecule has 1 unspecified atom stereocenters. The van der Waals surface area contributed by atoms with E-state index < -0.39 is 57.9 Å². The van der Waals surface area contributed by atoms with E-state index in [0.717, 1.165) is 17.8 Å². The summed E-state index contributed by atoms with van der Waals surface area (Å²) < 4.78 is 67.0. The van der Waals surface area contributed by atoms with E-state index >= 15 is 4.39 Å². The van der Waals surface area contributed by atoms with Crippen molar-refractivity contribution in [2.75, 3.05) is 24.6 Å². The Morgan fingerprint density at radius 1 is 1.52 bits per heavy atom. The van der Waals surface area contributed by atoms with Crippen molar-refractivity contribution in [3.63, 3.8) is 0 Å². The number of hydrogen-bond donors (Lipinski definition) is 4. The molecule has 13 nitrogen and oxygen atoms in total. The van der Waals surface area contributed by atoms with E-state index in [1.54, 1.807) is 13.8 Å². The molecule has 3 heterocycles. The Morgan fingerprint density at radius 3 is 2.91 bits per heavy atom. The number of alkyl halides is 1. The van der Waals surface area contributed by atoms with Gasteiger partial charge in [-0.3, -0.25) is 9.36 Å². The van der Waals surface area contributed by atoms with Crippen LogP contribution in [0.15, 0.2) is 6.33 Å². The first-order chi connectivity index (χ1) is 16.6. The minimum absolute atomic E-state index is 0.0107. The number of imidazole rings is 1. The maximum absolute atomic E-state index is 15.6. The number of nitrogens with zero attached hydrogens (tertiary/aromatic N) is 4. The molecule has 3 rings (SSSR count). The number of aliphatic hydroxyl groups is 1. The highest BCUT2D eigenvalue weighted by Crippen LogP contribution is 2.43. The number of nitrogen functional groups attached to an aromatic ring is 1. The van der Waals surface area contributed by atoms with Gasteiger partial charge in [-0.2, -0.15) is 9.97 Å². The summed E-state index contributed by atoms with van der Waals surface area (Å²) in [6.07, 6.45) is -3.67. The van der Waals surface area contributed by atoms with Crippen LogP contribution >= 0.6 is 8.18 Å². The summed E-state index contributed by atoms with van der Waals surface area (Å²) in [5.74, 6) is -1.13. The van der Waals surface area contributed by atoms with Crippen LogP contribution in [0.5, 0.6) is 0 Å². The van der Waals surface area contributed by atoms with Gasteiger partial charge in [0.1, 0.15) is 24.9 Å². The molecule has 0 aliphatic carbocycles. The molecule has 1 fully saturated rings. The van der Waals surface area contributed by atoms with Crippen LogP contribution in [0.1, 0.15) is 38.0 Å². The van der Waals surface area contributed by atoms with E-state index in [2.05, 4.69) is 25.4 Å². The zero-order chi connectivity index (χ0) is 27.0. The number of nitrogens with two attached hydrogens (primary N) is 1. The molecule has 2 aromatic rings. The molecule has 1 saturated heterocycles. The highest BCUT2D eigenvalue weighted by molar-refractivity contribution is 7.36. The summed E-state index contributed by atoms with van der Waals surface area (Å²) in [6.45, 7) is 2.76. The van der Waals surface area contributed by atoms with Gasteiger partial charge in [-0.15, -0.1) is 4.52 Å². The molecular weight excluding hydrogens is 460 g/mol. The molecule has 182 valence electrons. The minimum Gasteiger partial charge on any atom is -0.462 e. The Labute approximate surface area is 194 Å². The van der Waals surface area contributed by atoms with E-state index in [9.17, 15) is 14.5 Å². The molecule has 0 radical (unpaired) electrons. The molecule has 1 aliphatic rings. The molecule has 2 aromatic heterocycles. The van der Waals surface area contributed by atoms with Crippen LogP contribution in [0, 0.1) is 0 Å². The fraction of sp³-hybridized carbons (Fsp3) is 0.667. The predicted octanol–water partition coefficient (Wildman–Crippen LogP) is 1.04. The van der Waals surface area contributed by atoms with Crippen molar-refractivity contribution in [1.82, 2.24) is 24.6 Å². The van der Waals surface area contributed by atoms with Gasteiger partial charge in [-0.05, 0) is 32.3 Å². The predicted molar refractivity (Wildman–Crippen MR) is 116 cm³/mol. The first-order valence-corrected chi connectivity index (χ1v) is 11.2. The molecule has 0 spiro atoms. The molecular formula is C18H28FN7O6P+. The third-order valence-electron chi connectivity index (χ3n) is 4.89. The van der Waals surface area contributed by atoms with Crippen molar-refractivity contribution in [3.05, 3.63) is 6.33 Å². The second kappa shape index (κ2) is 9.77. The second-order valence-electron chi connectivity index (χ2n) is 7.89. The van der Waals surface area contributed by atoms with Crippen LogP contribution in [0.3, 0.4) is 0 Å². The molecule has 15 heteroatoms. The number of anilines is 2. The average molecular weight is 491 g/mol. The van der Waals surface area contributed by atoms with E-state index in [1.807, 2.05) is 0 Å². The number of ether oxygens (including phenoxy) is 2. The number of nitrogens with one attached hydrogen (secondary N) is 2. The summed E-state index contributed by atoms with van der Waals surface area (Å²) in [5, 5.41) is 15.2. The molecule has 1 aliphatic heterocycles. The fourth-order valence-electron chi connectivity index (χ4n) is 3.27. The highest BCUT2D eigenvalue weighted by Gasteiger charge is 2.56. The Balaban J connectivity index is 1.75. The molecule has 0 bridgehead atoms. The first-order valence-electron chi connectivity index (χ1n) is 11.5. The van der Waals surface area contributed by atoms with Gasteiger partial charge in [0.2, 0.25) is 5.95 Å². The number of fused-ring (bicyclic) bond motifs is 1. The van der Waals surface area contributed by atoms with Crippen molar-refractivity contribution in [2.24, 2.45) is 0 Å². The number of carbonyl (C=O) groups excluding carboxylic acids is 1. The SMILES string of the molecule is [2H]C([2H])([2H])Nc1nc(N)nc2c1ncn2[C@@H]1O[C@H](CO[P+](=O)N[C@@H](C)C(=O)OC(C)C)[C@@H](O)[C@@]1(C)F. The fourth-order valence-corrected chi connectivity index (χ4v) is 4.04. The summed E-state index contributed by atoms with van der Waals surface area (Å²) in [4.78, 5) is 23.8. The van der Waals surface area contributed by atoms with Crippen LogP contribution in [0.25, 0.3) is 11.2 Å². The summed E-state index contributed by atoms with van der Waals surface area (Å²) in [7, 11) is -2.59. The van der Waals surface area contributed by atoms with Gasteiger partial charge in [-0.25, -0.2) is 9.37 Å².